The van der Waals surface area contributed by atoms with Crippen LogP contribution in [0, 0.1) is 0 Å². The summed E-state index contributed by atoms with van der Waals surface area (Å²) in [5.41, 5.74) is 0. The highest BCUT2D eigenvalue weighted by Crippen LogP contribution is 2.09. The van der Waals surface area contributed by atoms with Gasteiger partial charge < -0.3 is 4.90 Å². The van der Waals surface area contributed by atoms with Crippen molar-refractivity contribution in [3.8, 4) is 0 Å². The number of amides is 1. The van der Waals surface area contributed by atoms with Crippen molar-refractivity contribution in [1.82, 2.24) is 4.90 Å². The Morgan fingerprint density at radius 3 is 1.48 bits per heavy atom. The summed E-state index contributed by atoms with van der Waals surface area (Å²) < 4.78 is 0. The third-order valence-electron chi connectivity index (χ3n) is 4.03. The number of alkyl halides is 1. The minimum atomic E-state index is 0.261. The first-order valence-corrected chi connectivity index (χ1v) is 10.2. The van der Waals surface area contributed by atoms with E-state index in [2.05, 4.69) is 34.7 Å². The highest BCUT2D eigenvalue weighted by molar-refractivity contribution is 9.09. The van der Waals surface area contributed by atoms with E-state index in [-0.39, 0.29) is 5.91 Å². The molecule has 0 spiro atoms. The zero-order valence-electron chi connectivity index (χ0n) is 14.3. The van der Waals surface area contributed by atoms with Gasteiger partial charge in [0.1, 0.15) is 0 Å². The zero-order chi connectivity index (χ0) is 15.8. The Morgan fingerprint density at radius 2 is 1.10 bits per heavy atom. The van der Waals surface area contributed by atoms with Gasteiger partial charge in [0, 0.05) is 13.1 Å². The Morgan fingerprint density at radius 1 is 0.714 bits per heavy atom. The summed E-state index contributed by atoms with van der Waals surface area (Å²) >= 11 is 3.31. The average molecular weight is 362 g/mol. The number of halogens is 1. The molecule has 0 rings (SSSR count). The van der Waals surface area contributed by atoms with E-state index in [0.29, 0.717) is 5.33 Å². The lowest BCUT2D eigenvalue weighted by molar-refractivity contribution is -0.128. The molecule has 0 atom stereocenters. The maximum Gasteiger partial charge on any atom is 0.233 e. The maximum atomic E-state index is 11.9. The van der Waals surface area contributed by atoms with Crippen molar-refractivity contribution in [3.05, 3.63) is 0 Å². The average Bonchev–Trinajstić information content (AvgIpc) is 2.51. The summed E-state index contributed by atoms with van der Waals surface area (Å²) in [6.45, 7) is 6.39. The third-order valence-corrected chi connectivity index (χ3v) is 4.51. The molecule has 0 aromatic carbocycles. The topological polar surface area (TPSA) is 20.3 Å². The second kappa shape index (κ2) is 16.3. The van der Waals surface area contributed by atoms with E-state index in [4.69, 9.17) is 0 Å². The van der Waals surface area contributed by atoms with Crippen LogP contribution in [0.5, 0.6) is 0 Å². The van der Waals surface area contributed by atoms with Crippen LogP contribution in [0.1, 0.15) is 90.9 Å². The fourth-order valence-corrected chi connectivity index (χ4v) is 2.97. The van der Waals surface area contributed by atoms with Crippen LogP contribution in [-0.2, 0) is 4.79 Å². The molecule has 0 N–H and O–H groups in total. The summed E-state index contributed by atoms with van der Waals surface area (Å²) in [4.78, 5) is 14.0. The van der Waals surface area contributed by atoms with E-state index in [1.54, 1.807) is 0 Å². The molecule has 0 fully saturated rings. The first-order valence-electron chi connectivity index (χ1n) is 9.10. The van der Waals surface area contributed by atoms with Gasteiger partial charge in [-0.05, 0) is 12.8 Å². The minimum Gasteiger partial charge on any atom is -0.342 e. The van der Waals surface area contributed by atoms with Crippen molar-refractivity contribution < 1.29 is 4.79 Å². The summed E-state index contributed by atoms with van der Waals surface area (Å²) in [6.07, 6.45) is 15.5. The molecule has 3 heteroatoms. The first kappa shape index (κ1) is 20.9. The van der Waals surface area contributed by atoms with Crippen molar-refractivity contribution >= 4 is 21.8 Å². The van der Waals surface area contributed by atoms with E-state index in [1.807, 2.05) is 0 Å². The summed E-state index contributed by atoms with van der Waals surface area (Å²) in [7, 11) is 0. The lowest BCUT2D eigenvalue weighted by Crippen LogP contribution is -2.33. The van der Waals surface area contributed by atoms with Gasteiger partial charge in [0.15, 0.2) is 0 Å². The minimum absolute atomic E-state index is 0.261. The summed E-state index contributed by atoms with van der Waals surface area (Å²) in [5.74, 6) is 0.261. The van der Waals surface area contributed by atoms with E-state index < -0.39 is 0 Å². The number of nitrogens with zero attached hydrogens (tertiary/aromatic N) is 1. The van der Waals surface area contributed by atoms with E-state index in [0.717, 1.165) is 25.9 Å². The van der Waals surface area contributed by atoms with Crippen LogP contribution < -0.4 is 0 Å². The van der Waals surface area contributed by atoms with Crippen molar-refractivity contribution in [2.75, 3.05) is 18.4 Å². The molecule has 0 aromatic heterocycles. The number of carbonyl (C=O) groups excluding carboxylic acids is 1. The molecule has 0 bridgehead atoms. The third kappa shape index (κ3) is 13.3. The van der Waals surface area contributed by atoms with Crippen molar-refractivity contribution in [2.45, 2.75) is 90.9 Å². The van der Waals surface area contributed by atoms with Crippen LogP contribution in [-0.4, -0.2) is 29.2 Å². The molecule has 0 aliphatic rings. The largest absolute Gasteiger partial charge is 0.342 e. The fourth-order valence-electron chi connectivity index (χ4n) is 2.61. The van der Waals surface area contributed by atoms with Crippen LogP contribution in [0.3, 0.4) is 0 Å². The first-order chi connectivity index (χ1) is 10.3. The Labute approximate surface area is 141 Å². The Balaban J connectivity index is 3.70. The molecule has 1 amide bonds. The predicted molar refractivity (Wildman–Crippen MR) is 97.1 cm³/mol. The maximum absolute atomic E-state index is 11.9. The van der Waals surface area contributed by atoms with Crippen molar-refractivity contribution in [1.29, 1.82) is 0 Å². The lowest BCUT2D eigenvalue weighted by atomic mass is 10.1. The van der Waals surface area contributed by atoms with E-state index in [9.17, 15) is 4.79 Å². The molecule has 0 unspecified atom stereocenters. The van der Waals surface area contributed by atoms with Gasteiger partial charge in [-0.1, -0.05) is 94.0 Å². The van der Waals surface area contributed by atoms with Crippen LogP contribution in [0.2, 0.25) is 0 Å². The molecule has 0 saturated heterocycles. The van der Waals surface area contributed by atoms with Crippen molar-refractivity contribution in [2.24, 2.45) is 0 Å². The Hall–Kier alpha value is -0.0500. The standard InChI is InChI=1S/C18H36BrNO/c1-3-5-7-9-11-13-15-20(18(21)17-19)16-14-12-10-8-6-4-2/h3-17H2,1-2H3. The zero-order valence-corrected chi connectivity index (χ0v) is 15.9. The normalized spacial score (nSPS) is 10.8. The predicted octanol–water partition coefficient (Wildman–Crippen LogP) is 5.93. The van der Waals surface area contributed by atoms with Gasteiger partial charge in [0.25, 0.3) is 0 Å². The molecule has 0 heterocycles. The highest BCUT2D eigenvalue weighted by Gasteiger charge is 2.10. The van der Waals surface area contributed by atoms with Gasteiger partial charge in [-0.3, -0.25) is 4.79 Å². The molecule has 2 nitrogen and oxygen atoms in total. The quantitative estimate of drug-likeness (QED) is 0.261. The smallest absolute Gasteiger partial charge is 0.233 e. The number of hydrogen-bond acceptors (Lipinski definition) is 1. The van der Waals surface area contributed by atoms with Gasteiger partial charge >= 0.3 is 0 Å². The number of unbranched alkanes of at least 4 members (excludes halogenated alkanes) is 10. The number of rotatable bonds is 15. The van der Waals surface area contributed by atoms with Crippen molar-refractivity contribution in [3.63, 3.8) is 0 Å². The molecule has 0 aliphatic carbocycles. The lowest BCUT2D eigenvalue weighted by Gasteiger charge is -2.22. The number of hydrogen-bond donors (Lipinski definition) is 0. The Bertz CT molecular complexity index is 217. The molecule has 21 heavy (non-hydrogen) atoms. The van der Waals surface area contributed by atoms with Crippen LogP contribution in [0.25, 0.3) is 0 Å². The van der Waals surface area contributed by atoms with Gasteiger partial charge in [-0.2, -0.15) is 0 Å². The second-order valence-corrected chi connectivity index (χ2v) is 6.61. The number of carbonyl (C=O) groups is 1. The van der Waals surface area contributed by atoms with Gasteiger partial charge in [0.05, 0.1) is 5.33 Å². The van der Waals surface area contributed by atoms with Gasteiger partial charge in [-0.25, -0.2) is 0 Å². The molecule has 0 aliphatic heterocycles. The van der Waals surface area contributed by atoms with Crippen LogP contribution in [0.4, 0.5) is 0 Å². The van der Waals surface area contributed by atoms with Gasteiger partial charge in [-0.15, -0.1) is 0 Å². The Kier molecular flexibility index (Phi) is 16.3. The summed E-state index contributed by atoms with van der Waals surface area (Å²) in [6, 6.07) is 0. The summed E-state index contributed by atoms with van der Waals surface area (Å²) in [5, 5.41) is 0.471. The van der Waals surface area contributed by atoms with Crippen LogP contribution in [0.15, 0.2) is 0 Å². The molecule has 126 valence electrons. The van der Waals surface area contributed by atoms with Gasteiger partial charge in [0.2, 0.25) is 5.91 Å². The monoisotopic (exact) mass is 361 g/mol. The van der Waals surface area contributed by atoms with E-state index >= 15 is 0 Å². The second-order valence-electron chi connectivity index (χ2n) is 6.05. The molecular weight excluding hydrogens is 326 g/mol. The molecule has 0 saturated carbocycles. The molecular formula is C18H36BrNO. The SMILES string of the molecule is CCCCCCCCN(CCCCCCCC)C(=O)CBr. The van der Waals surface area contributed by atoms with Crippen LogP contribution >= 0.6 is 15.9 Å². The molecule has 0 radical (unpaired) electrons. The van der Waals surface area contributed by atoms with E-state index in [1.165, 1.54) is 64.2 Å². The molecule has 0 aromatic rings. The highest BCUT2D eigenvalue weighted by atomic mass is 79.9. The fraction of sp³-hybridized carbons (Fsp3) is 0.944.